The maximum atomic E-state index is 6.29. The van der Waals surface area contributed by atoms with Crippen LogP contribution in [-0.4, -0.2) is 0 Å². The topological polar surface area (TPSA) is 32.5 Å². The summed E-state index contributed by atoms with van der Waals surface area (Å²) >= 11 is 2.30. The molecule has 0 aliphatic heterocycles. The van der Waals surface area contributed by atoms with Crippen molar-refractivity contribution in [2.24, 2.45) is 0 Å². The van der Waals surface area contributed by atoms with Crippen LogP contribution in [0.5, 0.6) is 0 Å². The van der Waals surface area contributed by atoms with Crippen LogP contribution >= 0.6 is 22.6 Å². The first-order valence-electron chi connectivity index (χ1n) is 31.2. The standard InChI is InChI=1S/C53H42N2.C26H19N.C7H7I/c1-35-13-21-39(22-14-35)54(40-23-15-36(2)16-24-40)43-29-31-47-45-9-5-7-11-49(45)53(51(47)33-43)50-12-8-6-10-46(50)48-32-30-44(34-52(48)53)55(41-25-17-37(3)18-26-41)42-27-19-38(4)20-28-42;1-16-10-12-20-18-6-2-4-8-22(18)26(24(20)14-16)23-9-5-3-7-19(23)21-13-11-17(27)15-25(21)26;1-6-2-4-7(8)5-3-6/h5-34H,1-4H3;2-15H,27H2,1H3;2-5H,1H3. The highest BCUT2D eigenvalue weighted by Crippen LogP contribution is 2.65. The molecule has 1 unspecified atom stereocenters. The zero-order valence-electron chi connectivity index (χ0n) is 51.6. The Bertz CT molecular complexity index is 4500. The number of anilines is 7. The number of aryl methyl sites for hydroxylation is 6. The second kappa shape index (κ2) is 22.5. The van der Waals surface area contributed by atoms with Crippen LogP contribution in [0.15, 0.2) is 291 Å². The molecule has 4 heteroatoms. The molecule has 2 N–H and O–H groups in total. The molecule has 434 valence electrons. The Kier molecular flexibility index (Phi) is 14.2. The molecule has 0 heterocycles. The molecule has 4 aliphatic carbocycles. The van der Waals surface area contributed by atoms with E-state index in [4.69, 9.17) is 5.73 Å². The fourth-order valence-corrected chi connectivity index (χ4v) is 15.2. The third-order valence-corrected chi connectivity index (χ3v) is 19.7. The molecule has 0 radical (unpaired) electrons. The second-order valence-corrected chi connectivity index (χ2v) is 26.1. The lowest BCUT2D eigenvalue weighted by Gasteiger charge is -2.33. The molecule has 13 aromatic carbocycles. The summed E-state index contributed by atoms with van der Waals surface area (Å²) in [5.41, 5.74) is 41.9. The number of hydrogen-bond acceptors (Lipinski definition) is 3. The number of rotatable bonds is 6. The Morgan fingerprint density at radius 1 is 0.233 bits per heavy atom. The minimum atomic E-state index is -0.512. The van der Waals surface area contributed by atoms with Crippen LogP contribution in [0.2, 0.25) is 0 Å². The van der Waals surface area contributed by atoms with Crippen molar-refractivity contribution in [2.45, 2.75) is 52.4 Å². The van der Waals surface area contributed by atoms with Gasteiger partial charge in [-0.1, -0.05) is 228 Å². The van der Waals surface area contributed by atoms with Gasteiger partial charge in [-0.15, -0.1) is 0 Å². The lowest BCUT2D eigenvalue weighted by Crippen LogP contribution is -2.26. The first kappa shape index (κ1) is 56.5. The van der Waals surface area contributed by atoms with E-state index >= 15 is 0 Å². The molecule has 13 aromatic rings. The van der Waals surface area contributed by atoms with Crippen molar-refractivity contribution in [3.63, 3.8) is 0 Å². The first-order valence-corrected chi connectivity index (χ1v) is 32.3. The minimum absolute atomic E-state index is 0.279. The van der Waals surface area contributed by atoms with Crippen molar-refractivity contribution < 1.29 is 0 Å². The fourth-order valence-electron chi connectivity index (χ4n) is 14.9. The summed E-state index contributed by atoms with van der Waals surface area (Å²) in [4.78, 5) is 4.81. The van der Waals surface area contributed by atoms with Crippen LogP contribution in [0.25, 0.3) is 44.5 Å². The van der Waals surface area contributed by atoms with E-state index in [1.54, 1.807) is 0 Å². The number of hydrogen-bond donors (Lipinski definition) is 1. The monoisotopic (exact) mass is 1270 g/mol. The van der Waals surface area contributed by atoms with E-state index in [-0.39, 0.29) is 5.41 Å². The van der Waals surface area contributed by atoms with Crippen LogP contribution in [0.3, 0.4) is 0 Å². The van der Waals surface area contributed by atoms with E-state index in [0.717, 1.165) is 39.8 Å². The van der Waals surface area contributed by atoms with Crippen molar-refractivity contribution in [1.82, 2.24) is 0 Å². The maximum Gasteiger partial charge on any atom is 0.0727 e. The van der Waals surface area contributed by atoms with Gasteiger partial charge in [0, 0.05) is 43.4 Å². The lowest BCUT2D eigenvalue weighted by molar-refractivity contribution is 0.793. The Labute approximate surface area is 543 Å². The van der Waals surface area contributed by atoms with Gasteiger partial charge in [-0.3, -0.25) is 0 Å². The van der Waals surface area contributed by atoms with Crippen LogP contribution in [0.1, 0.15) is 77.9 Å². The van der Waals surface area contributed by atoms with E-state index in [9.17, 15) is 0 Å². The summed E-state index contributed by atoms with van der Waals surface area (Å²) in [5.74, 6) is 0. The molecule has 17 rings (SSSR count). The van der Waals surface area contributed by atoms with E-state index in [0.29, 0.717) is 0 Å². The zero-order valence-corrected chi connectivity index (χ0v) is 53.7. The molecule has 0 saturated carbocycles. The number of halogens is 1. The predicted molar refractivity (Wildman–Crippen MR) is 387 cm³/mol. The Balaban J connectivity index is 0.000000158. The number of nitrogens with zero attached hydrogens (tertiary/aromatic N) is 2. The van der Waals surface area contributed by atoms with Crippen molar-refractivity contribution in [3.8, 4) is 44.5 Å². The van der Waals surface area contributed by atoms with E-state index in [1.165, 1.54) is 126 Å². The molecular formula is C86H68IN3. The van der Waals surface area contributed by atoms with Crippen LogP contribution in [-0.2, 0) is 10.8 Å². The summed E-state index contributed by atoms with van der Waals surface area (Å²) in [7, 11) is 0. The van der Waals surface area contributed by atoms with E-state index in [2.05, 4.69) is 359 Å². The summed E-state index contributed by atoms with van der Waals surface area (Å²) < 4.78 is 1.30. The third kappa shape index (κ3) is 9.21. The van der Waals surface area contributed by atoms with Gasteiger partial charge < -0.3 is 15.5 Å². The number of nitrogen functional groups attached to an aromatic ring is 1. The summed E-state index contributed by atoms with van der Waals surface area (Å²) in [6.45, 7) is 12.9. The molecule has 2 spiro atoms. The van der Waals surface area contributed by atoms with Gasteiger partial charge in [0.05, 0.1) is 10.8 Å². The maximum absolute atomic E-state index is 6.29. The molecule has 0 aromatic heterocycles. The number of benzene rings is 13. The first-order chi connectivity index (χ1) is 43.9. The lowest BCUT2D eigenvalue weighted by atomic mass is 9.70. The summed E-state index contributed by atoms with van der Waals surface area (Å²) in [5, 5.41) is 0. The Morgan fingerprint density at radius 3 is 0.811 bits per heavy atom. The van der Waals surface area contributed by atoms with Crippen molar-refractivity contribution in [3.05, 3.63) is 373 Å². The van der Waals surface area contributed by atoms with E-state index in [1.807, 2.05) is 6.07 Å². The van der Waals surface area contributed by atoms with Crippen LogP contribution in [0, 0.1) is 45.1 Å². The fraction of sp³-hybridized carbons (Fsp3) is 0.0930. The van der Waals surface area contributed by atoms with Gasteiger partial charge in [0.1, 0.15) is 0 Å². The van der Waals surface area contributed by atoms with E-state index < -0.39 is 5.41 Å². The number of fused-ring (bicyclic) bond motifs is 20. The smallest absolute Gasteiger partial charge is 0.0727 e. The van der Waals surface area contributed by atoms with Gasteiger partial charge in [-0.05, 0) is 250 Å². The zero-order chi connectivity index (χ0) is 61.4. The second-order valence-electron chi connectivity index (χ2n) is 24.8. The summed E-state index contributed by atoms with van der Waals surface area (Å²) in [6.07, 6.45) is 0. The molecule has 0 saturated heterocycles. The molecule has 90 heavy (non-hydrogen) atoms. The van der Waals surface area contributed by atoms with Crippen LogP contribution in [0.4, 0.5) is 39.8 Å². The van der Waals surface area contributed by atoms with Crippen molar-refractivity contribution >= 4 is 62.4 Å². The highest BCUT2D eigenvalue weighted by molar-refractivity contribution is 14.1. The molecule has 3 nitrogen and oxygen atoms in total. The average Bonchev–Trinajstić information content (AvgIpc) is 1.53. The normalized spacial score (nSPS) is 14.1. The molecule has 0 bridgehead atoms. The quantitative estimate of drug-likeness (QED) is 0.133. The SMILES string of the molecule is Cc1ccc(I)cc1.Cc1ccc(N(c2ccc(C)cc2)c2ccc3c(c2)C2(c4ccccc4-3)c3ccccc3-c3ccc(N(c4ccc(C)cc4)c4ccc(C)cc4)cc32)cc1.Cc1ccc2c(c1)C1(c3ccccc3-2)c2ccccc2-c2ccc(N)cc21. The Hall–Kier alpha value is -10.0. The Morgan fingerprint density at radius 2 is 0.478 bits per heavy atom. The van der Waals surface area contributed by atoms with Crippen molar-refractivity contribution in [1.29, 1.82) is 0 Å². The van der Waals surface area contributed by atoms with Gasteiger partial charge in [0.25, 0.3) is 0 Å². The largest absolute Gasteiger partial charge is 0.399 e. The molecule has 0 fully saturated rings. The predicted octanol–water partition coefficient (Wildman–Crippen LogP) is 22.7. The van der Waals surface area contributed by atoms with Crippen LogP contribution < -0.4 is 15.5 Å². The van der Waals surface area contributed by atoms with Gasteiger partial charge in [-0.2, -0.15) is 0 Å². The minimum Gasteiger partial charge on any atom is -0.399 e. The van der Waals surface area contributed by atoms with Gasteiger partial charge >= 0.3 is 0 Å². The van der Waals surface area contributed by atoms with Gasteiger partial charge in [0.15, 0.2) is 0 Å². The van der Waals surface area contributed by atoms with Crippen molar-refractivity contribution in [2.75, 3.05) is 15.5 Å². The molecule has 1 atom stereocenters. The van der Waals surface area contributed by atoms with Gasteiger partial charge in [-0.25, -0.2) is 0 Å². The number of nitrogens with two attached hydrogens (primary N) is 1. The van der Waals surface area contributed by atoms with Gasteiger partial charge in [0.2, 0.25) is 0 Å². The highest BCUT2D eigenvalue weighted by Gasteiger charge is 2.53. The third-order valence-electron chi connectivity index (χ3n) is 19.0. The highest BCUT2D eigenvalue weighted by atomic mass is 127. The molecule has 0 amide bonds. The molecule has 4 aliphatic rings. The molecular weight excluding hydrogens is 1200 g/mol. The summed E-state index contributed by atoms with van der Waals surface area (Å²) in [6, 6.07) is 107. The average molecular weight is 1270 g/mol.